The van der Waals surface area contributed by atoms with E-state index in [0.29, 0.717) is 6.04 Å². The van der Waals surface area contributed by atoms with Crippen LogP contribution in [-0.4, -0.2) is 36.5 Å². The zero-order chi connectivity index (χ0) is 14.3. The van der Waals surface area contributed by atoms with Crippen LogP contribution in [0.15, 0.2) is 28.7 Å². The standard InChI is InChI=1S/C15H25BrN2S/c1-4-14(11-19-3)18(2)9-8-15(17)12-6-5-7-13(16)10-12/h5-7,10,14-15H,4,8-9,11,17H2,1-3H3. The molecule has 1 rings (SSSR count). The predicted molar refractivity (Wildman–Crippen MR) is 90.8 cm³/mol. The molecule has 2 nitrogen and oxygen atoms in total. The highest BCUT2D eigenvalue weighted by Crippen LogP contribution is 2.19. The predicted octanol–water partition coefficient (Wildman–Crippen LogP) is 3.91. The van der Waals surface area contributed by atoms with Crippen molar-refractivity contribution in [2.75, 3.05) is 25.6 Å². The maximum atomic E-state index is 6.28. The third kappa shape index (κ3) is 5.86. The van der Waals surface area contributed by atoms with Gasteiger partial charge in [-0.05, 0) is 50.4 Å². The topological polar surface area (TPSA) is 29.3 Å². The molecule has 1 aromatic carbocycles. The third-order valence-electron chi connectivity index (χ3n) is 3.52. The second-order valence-electron chi connectivity index (χ2n) is 4.95. The molecule has 0 aromatic heterocycles. The van der Waals surface area contributed by atoms with Crippen LogP contribution in [0.1, 0.15) is 31.4 Å². The number of halogens is 1. The highest BCUT2D eigenvalue weighted by atomic mass is 79.9. The van der Waals surface area contributed by atoms with Gasteiger partial charge in [-0.25, -0.2) is 0 Å². The summed E-state index contributed by atoms with van der Waals surface area (Å²) in [6.45, 7) is 3.30. The van der Waals surface area contributed by atoms with Crippen LogP contribution in [0.5, 0.6) is 0 Å². The van der Waals surface area contributed by atoms with Crippen LogP contribution in [-0.2, 0) is 0 Å². The number of hydrogen-bond donors (Lipinski definition) is 1. The minimum Gasteiger partial charge on any atom is -0.324 e. The Bertz CT molecular complexity index is 373. The summed E-state index contributed by atoms with van der Waals surface area (Å²) in [6.07, 6.45) is 4.37. The van der Waals surface area contributed by atoms with Crippen LogP contribution in [0.4, 0.5) is 0 Å². The van der Waals surface area contributed by atoms with E-state index in [2.05, 4.69) is 53.2 Å². The van der Waals surface area contributed by atoms with Crippen molar-refractivity contribution < 1.29 is 0 Å². The lowest BCUT2D eigenvalue weighted by atomic mass is 10.0. The Balaban J connectivity index is 2.47. The Labute approximate surface area is 130 Å². The highest BCUT2D eigenvalue weighted by Gasteiger charge is 2.14. The number of hydrogen-bond acceptors (Lipinski definition) is 3. The third-order valence-corrected chi connectivity index (χ3v) is 4.73. The average molecular weight is 345 g/mol. The fourth-order valence-electron chi connectivity index (χ4n) is 2.18. The van der Waals surface area contributed by atoms with E-state index in [0.717, 1.165) is 17.4 Å². The quantitative estimate of drug-likeness (QED) is 0.775. The molecule has 2 unspecified atom stereocenters. The van der Waals surface area contributed by atoms with Crippen molar-refractivity contribution in [2.45, 2.75) is 31.8 Å². The second kappa shape index (κ2) is 9.01. The van der Waals surface area contributed by atoms with Gasteiger partial charge in [-0.15, -0.1) is 0 Å². The molecule has 0 amide bonds. The van der Waals surface area contributed by atoms with Crippen molar-refractivity contribution in [3.63, 3.8) is 0 Å². The summed E-state index contributed by atoms with van der Waals surface area (Å²) < 4.78 is 1.10. The van der Waals surface area contributed by atoms with Gasteiger partial charge in [0.1, 0.15) is 0 Å². The first-order valence-electron chi connectivity index (χ1n) is 6.78. The molecule has 0 fully saturated rings. The zero-order valence-electron chi connectivity index (χ0n) is 12.1. The van der Waals surface area contributed by atoms with Gasteiger partial charge in [0.15, 0.2) is 0 Å². The molecule has 0 saturated carbocycles. The van der Waals surface area contributed by atoms with Crippen LogP contribution < -0.4 is 5.73 Å². The lowest BCUT2D eigenvalue weighted by molar-refractivity contribution is 0.247. The van der Waals surface area contributed by atoms with E-state index in [4.69, 9.17) is 5.73 Å². The van der Waals surface area contributed by atoms with Gasteiger partial charge in [0.25, 0.3) is 0 Å². The first-order valence-corrected chi connectivity index (χ1v) is 8.97. The molecule has 19 heavy (non-hydrogen) atoms. The highest BCUT2D eigenvalue weighted by molar-refractivity contribution is 9.10. The summed E-state index contributed by atoms with van der Waals surface area (Å²) in [5.41, 5.74) is 7.48. The van der Waals surface area contributed by atoms with Gasteiger partial charge < -0.3 is 10.6 Å². The Kier molecular flexibility index (Phi) is 8.07. The van der Waals surface area contributed by atoms with Crippen LogP contribution in [0, 0.1) is 0 Å². The number of benzene rings is 1. The first-order chi connectivity index (χ1) is 9.08. The normalized spacial score (nSPS) is 14.6. The maximum Gasteiger partial charge on any atom is 0.0307 e. The lowest BCUT2D eigenvalue weighted by Crippen LogP contribution is -2.35. The van der Waals surface area contributed by atoms with Gasteiger partial charge in [0.2, 0.25) is 0 Å². The van der Waals surface area contributed by atoms with E-state index >= 15 is 0 Å². The molecule has 0 aliphatic carbocycles. The summed E-state index contributed by atoms with van der Waals surface area (Å²) in [6, 6.07) is 9.08. The summed E-state index contributed by atoms with van der Waals surface area (Å²) in [5, 5.41) is 0. The Morgan fingerprint density at radius 1 is 1.42 bits per heavy atom. The number of thioether (sulfide) groups is 1. The summed E-state index contributed by atoms with van der Waals surface area (Å²) in [7, 11) is 2.21. The van der Waals surface area contributed by atoms with E-state index in [1.54, 1.807) is 0 Å². The number of nitrogens with zero attached hydrogens (tertiary/aromatic N) is 1. The molecule has 0 bridgehead atoms. The van der Waals surface area contributed by atoms with E-state index in [1.807, 2.05) is 23.9 Å². The molecule has 2 atom stereocenters. The smallest absolute Gasteiger partial charge is 0.0307 e. The molecule has 0 spiro atoms. The molecule has 0 aliphatic heterocycles. The molecular weight excluding hydrogens is 320 g/mol. The van der Waals surface area contributed by atoms with Gasteiger partial charge in [-0.3, -0.25) is 0 Å². The van der Waals surface area contributed by atoms with E-state index in [9.17, 15) is 0 Å². The van der Waals surface area contributed by atoms with Gasteiger partial charge >= 0.3 is 0 Å². The van der Waals surface area contributed by atoms with Crippen molar-refractivity contribution >= 4 is 27.7 Å². The Morgan fingerprint density at radius 2 is 2.16 bits per heavy atom. The monoisotopic (exact) mass is 344 g/mol. The van der Waals surface area contributed by atoms with Crippen LogP contribution in [0.3, 0.4) is 0 Å². The van der Waals surface area contributed by atoms with Crippen molar-refractivity contribution in [2.24, 2.45) is 5.73 Å². The van der Waals surface area contributed by atoms with E-state index in [1.165, 1.54) is 17.7 Å². The summed E-state index contributed by atoms with van der Waals surface area (Å²) in [4.78, 5) is 2.44. The molecule has 4 heteroatoms. The lowest BCUT2D eigenvalue weighted by Gasteiger charge is -2.27. The first kappa shape index (κ1) is 17.0. The minimum absolute atomic E-state index is 0.117. The average Bonchev–Trinajstić information content (AvgIpc) is 2.41. The molecule has 0 saturated heterocycles. The van der Waals surface area contributed by atoms with Crippen molar-refractivity contribution in [3.05, 3.63) is 34.3 Å². The fourth-order valence-corrected chi connectivity index (χ4v) is 3.47. The van der Waals surface area contributed by atoms with Crippen molar-refractivity contribution in [3.8, 4) is 0 Å². The maximum absolute atomic E-state index is 6.28. The van der Waals surface area contributed by atoms with Crippen molar-refractivity contribution in [1.82, 2.24) is 4.90 Å². The SMILES string of the molecule is CCC(CSC)N(C)CCC(N)c1cccc(Br)c1. The number of nitrogens with two attached hydrogens (primary N) is 1. The zero-order valence-corrected chi connectivity index (χ0v) is 14.5. The van der Waals surface area contributed by atoms with Gasteiger partial charge in [0, 0.05) is 22.3 Å². The van der Waals surface area contributed by atoms with E-state index < -0.39 is 0 Å². The molecular formula is C15H25BrN2S. The Hall–Kier alpha value is -0.0300. The minimum atomic E-state index is 0.117. The molecule has 0 aliphatic rings. The fraction of sp³-hybridized carbons (Fsp3) is 0.600. The van der Waals surface area contributed by atoms with Gasteiger partial charge in [0.05, 0.1) is 0 Å². The summed E-state index contributed by atoms with van der Waals surface area (Å²) in [5.74, 6) is 1.19. The molecule has 1 aromatic rings. The molecule has 108 valence electrons. The summed E-state index contributed by atoms with van der Waals surface area (Å²) >= 11 is 5.41. The van der Waals surface area contributed by atoms with Gasteiger partial charge in [-0.2, -0.15) is 11.8 Å². The van der Waals surface area contributed by atoms with Crippen LogP contribution in [0.25, 0.3) is 0 Å². The second-order valence-corrected chi connectivity index (χ2v) is 6.77. The van der Waals surface area contributed by atoms with Crippen LogP contribution in [0.2, 0.25) is 0 Å². The Morgan fingerprint density at radius 3 is 2.74 bits per heavy atom. The van der Waals surface area contributed by atoms with Crippen LogP contribution >= 0.6 is 27.7 Å². The van der Waals surface area contributed by atoms with Crippen molar-refractivity contribution in [1.29, 1.82) is 0 Å². The molecule has 0 radical (unpaired) electrons. The van der Waals surface area contributed by atoms with E-state index in [-0.39, 0.29) is 6.04 Å². The number of rotatable bonds is 8. The molecule has 2 N–H and O–H groups in total. The van der Waals surface area contributed by atoms with Gasteiger partial charge in [-0.1, -0.05) is 35.0 Å². The molecule has 0 heterocycles. The largest absolute Gasteiger partial charge is 0.324 e.